The third-order valence-corrected chi connectivity index (χ3v) is 2.10. The van der Waals surface area contributed by atoms with E-state index in [2.05, 4.69) is 5.10 Å². The molecule has 0 saturated heterocycles. The highest BCUT2D eigenvalue weighted by Crippen LogP contribution is 2.21. The predicted octanol–water partition coefficient (Wildman–Crippen LogP) is 1.62. The summed E-state index contributed by atoms with van der Waals surface area (Å²) in [6.45, 7) is 3.34. The largest absolute Gasteiger partial charge is 0.460 e. The van der Waals surface area contributed by atoms with Crippen molar-refractivity contribution in [3.63, 3.8) is 0 Å². The molecular weight excluding hydrogens is 178 g/mol. The molecule has 0 aliphatic rings. The first-order valence-electron chi connectivity index (χ1n) is 4.65. The van der Waals surface area contributed by atoms with Crippen molar-refractivity contribution in [1.29, 1.82) is 0 Å². The number of hydrogen-bond acceptors (Lipinski definition) is 3. The molecule has 2 N–H and O–H groups in total. The van der Waals surface area contributed by atoms with Gasteiger partial charge in [0.2, 0.25) is 0 Å². The van der Waals surface area contributed by atoms with E-state index in [4.69, 9.17) is 10.2 Å². The molecule has 14 heavy (non-hydrogen) atoms. The van der Waals surface area contributed by atoms with Crippen LogP contribution in [0.1, 0.15) is 12.7 Å². The number of furan rings is 1. The first-order chi connectivity index (χ1) is 6.83. The third kappa shape index (κ3) is 1.56. The summed E-state index contributed by atoms with van der Waals surface area (Å²) in [4.78, 5) is 0. The fraction of sp³-hybridized carbons (Fsp3) is 0.300. The molecule has 2 aromatic heterocycles. The molecule has 0 aromatic carbocycles. The molecule has 0 atom stereocenters. The van der Waals surface area contributed by atoms with Crippen molar-refractivity contribution in [3.05, 3.63) is 30.3 Å². The maximum Gasteiger partial charge on any atom is 0.137 e. The summed E-state index contributed by atoms with van der Waals surface area (Å²) in [5.74, 6) is 1.62. The highest BCUT2D eigenvalue weighted by Gasteiger charge is 2.05. The summed E-state index contributed by atoms with van der Waals surface area (Å²) in [7, 11) is 0. The Balaban J connectivity index is 2.29. The van der Waals surface area contributed by atoms with E-state index in [0.717, 1.165) is 23.6 Å². The van der Waals surface area contributed by atoms with Gasteiger partial charge in [-0.25, -0.2) is 0 Å². The zero-order valence-electron chi connectivity index (χ0n) is 8.10. The molecule has 0 aliphatic carbocycles. The molecule has 0 amide bonds. The molecule has 0 bridgehead atoms. The number of hydrogen-bond donors (Lipinski definition) is 1. The Bertz CT molecular complexity index is 376. The Hall–Kier alpha value is -1.55. The number of aryl methyl sites for hydroxylation is 1. The van der Waals surface area contributed by atoms with Crippen LogP contribution < -0.4 is 5.73 Å². The van der Waals surface area contributed by atoms with Crippen LogP contribution in [0.3, 0.4) is 0 Å². The summed E-state index contributed by atoms with van der Waals surface area (Å²) in [6.07, 6.45) is 3.75. The van der Waals surface area contributed by atoms with Crippen LogP contribution in [0.2, 0.25) is 0 Å². The van der Waals surface area contributed by atoms with Crippen LogP contribution >= 0.6 is 0 Å². The molecular formula is C10H13N3O. The van der Waals surface area contributed by atoms with Gasteiger partial charge in [-0.2, -0.15) is 5.10 Å². The average Bonchev–Trinajstić information content (AvgIpc) is 2.86. The molecule has 0 unspecified atom stereocenters. The van der Waals surface area contributed by atoms with Crippen LogP contribution in [0, 0.1) is 0 Å². The Morgan fingerprint density at radius 1 is 1.50 bits per heavy atom. The van der Waals surface area contributed by atoms with Crippen molar-refractivity contribution < 1.29 is 4.42 Å². The van der Waals surface area contributed by atoms with Gasteiger partial charge in [0.05, 0.1) is 18.3 Å². The van der Waals surface area contributed by atoms with Crippen molar-refractivity contribution >= 4 is 0 Å². The number of nitrogens with two attached hydrogens (primary N) is 1. The van der Waals surface area contributed by atoms with Crippen LogP contribution in [0.4, 0.5) is 0 Å². The summed E-state index contributed by atoms with van der Waals surface area (Å²) in [5, 5.41) is 4.17. The maximum atomic E-state index is 5.50. The molecule has 74 valence electrons. The lowest BCUT2D eigenvalue weighted by Gasteiger charge is -1.91. The SMILES string of the molecule is CCn1cc(-c2ccc(CN)o2)cn1. The fourth-order valence-corrected chi connectivity index (χ4v) is 1.31. The predicted molar refractivity (Wildman–Crippen MR) is 53.5 cm³/mol. The van der Waals surface area contributed by atoms with Gasteiger partial charge >= 0.3 is 0 Å². The summed E-state index contributed by atoms with van der Waals surface area (Å²) in [6, 6.07) is 3.80. The first kappa shape index (κ1) is 9.02. The molecule has 2 heterocycles. The monoisotopic (exact) mass is 191 g/mol. The average molecular weight is 191 g/mol. The van der Waals surface area contributed by atoms with Crippen molar-refractivity contribution in [2.75, 3.05) is 0 Å². The molecule has 0 saturated carbocycles. The number of nitrogens with zero attached hydrogens (tertiary/aromatic N) is 2. The second-order valence-corrected chi connectivity index (χ2v) is 3.05. The molecule has 4 heteroatoms. The van der Waals surface area contributed by atoms with Crippen molar-refractivity contribution in [2.45, 2.75) is 20.0 Å². The Kier molecular flexibility index (Phi) is 2.37. The molecule has 0 aliphatic heterocycles. The Morgan fingerprint density at radius 3 is 2.93 bits per heavy atom. The smallest absolute Gasteiger partial charge is 0.137 e. The summed E-state index contributed by atoms with van der Waals surface area (Å²) in [5.41, 5.74) is 6.45. The van der Waals surface area contributed by atoms with Crippen LogP contribution in [0.15, 0.2) is 28.9 Å². The molecule has 0 radical (unpaired) electrons. The van der Waals surface area contributed by atoms with E-state index in [-0.39, 0.29) is 0 Å². The normalized spacial score (nSPS) is 10.7. The van der Waals surface area contributed by atoms with Gasteiger partial charge in [0.25, 0.3) is 0 Å². The lowest BCUT2D eigenvalue weighted by atomic mass is 10.3. The minimum absolute atomic E-state index is 0.432. The van der Waals surface area contributed by atoms with Gasteiger partial charge in [-0.15, -0.1) is 0 Å². The van der Waals surface area contributed by atoms with Gasteiger partial charge in [-0.3, -0.25) is 4.68 Å². The number of aromatic nitrogens is 2. The third-order valence-electron chi connectivity index (χ3n) is 2.10. The molecule has 0 spiro atoms. The molecule has 2 aromatic rings. The van der Waals surface area contributed by atoms with Gasteiger partial charge in [0.15, 0.2) is 0 Å². The van der Waals surface area contributed by atoms with Gasteiger partial charge in [0, 0.05) is 12.7 Å². The lowest BCUT2D eigenvalue weighted by molar-refractivity contribution is 0.525. The van der Waals surface area contributed by atoms with E-state index in [1.54, 1.807) is 6.20 Å². The zero-order valence-corrected chi connectivity index (χ0v) is 8.10. The molecule has 4 nitrogen and oxygen atoms in total. The van der Waals surface area contributed by atoms with Crippen LogP contribution in [0.25, 0.3) is 11.3 Å². The lowest BCUT2D eigenvalue weighted by Crippen LogP contribution is -1.92. The Morgan fingerprint density at radius 2 is 2.36 bits per heavy atom. The van der Waals surface area contributed by atoms with E-state index in [9.17, 15) is 0 Å². The van der Waals surface area contributed by atoms with Gasteiger partial charge in [0.1, 0.15) is 11.5 Å². The van der Waals surface area contributed by atoms with Crippen molar-refractivity contribution in [1.82, 2.24) is 9.78 Å². The minimum atomic E-state index is 0.432. The van der Waals surface area contributed by atoms with Crippen molar-refractivity contribution in [3.8, 4) is 11.3 Å². The van der Waals surface area contributed by atoms with Gasteiger partial charge < -0.3 is 10.2 Å². The highest BCUT2D eigenvalue weighted by molar-refractivity contribution is 5.55. The maximum absolute atomic E-state index is 5.50. The van der Waals surface area contributed by atoms with Gasteiger partial charge in [-0.05, 0) is 19.1 Å². The van der Waals surface area contributed by atoms with E-state index in [1.807, 2.05) is 29.9 Å². The second-order valence-electron chi connectivity index (χ2n) is 3.05. The van der Waals surface area contributed by atoms with Crippen LogP contribution in [0.5, 0.6) is 0 Å². The first-order valence-corrected chi connectivity index (χ1v) is 4.65. The second kappa shape index (κ2) is 3.67. The van der Waals surface area contributed by atoms with E-state index >= 15 is 0 Å². The van der Waals surface area contributed by atoms with E-state index in [1.165, 1.54) is 0 Å². The summed E-state index contributed by atoms with van der Waals surface area (Å²) >= 11 is 0. The zero-order chi connectivity index (χ0) is 9.97. The highest BCUT2D eigenvalue weighted by atomic mass is 16.3. The van der Waals surface area contributed by atoms with Crippen LogP contribution in [-0.2, 0) is 13.1 Å². The number of rotatable bonds is 3. The fourth-order valence-electron chi connectivity index (χ4n) is 1.31. The van der Waals surface area contributed by atoms with E-state index in [0.29, 0.717) is 6.54 Å². The topological polar surface area (TPSA) is 57.0 Å². The quantitative estimate of drug-likeness (QED) is 0.802. The van der Waals surface area contributed by atoms with Crippen LogP contribution in [-0.4, -0.2) is 9.78 Å². The standard InChI is InChI=1S/C10H13N3O/c1-2-13-7-8(6-12-13)10-4-3-9(5-11)14-10/h3-4,6-7H,2,5,11H2,1H3. The minimum Gasteiger partial charge on any atom is -0.460 e. The summed E-state index contributed by atoms with van der Waals surface area (Å²) < 4.78 is 7.36. The van der Waals surface area contributed by atoms with Gasteiger partial charge in [-0.1, -0.05) is 0 Å². The molecule has 2 rings (SSSR count). The Labute approximate surface area is 82.3 Å². The molecule has 0 fully saturated rings. The van der Waals surface area contributed by atoms with Crippen molar-refractivity contribution in [2.24, 2.45) is 5.73 Å². The van der Waals surface area contributed by atoms with E-state index < -0.39 is 0 Å².